The van der Waals surface area contributed by atoms with E-state index in [2.05, 4.69) is 41.0 Å². The van der Waals surface area contributed by atoms with Crippen molar-refractivity contribution in [2.45, 2.75) is 50.7 Å². The van der Waals surface area contributed by atoms with Gasteiger partial charge in [0.05, 0.1) is 6.04 Å². The molecule has 0 radical (unpaired) electrons. The van der Waals surface area contributed by atoms with Crippen LogP contribution in [0.4, 0.5) is 0 Å². The van der Waals surface area contributed by atoms with E-state index >= 15 is 0 Å². The van der Waals surface area contributed by atoms with Gasteiger partial charge < -0.3 is 26.2 Å². The number of rotatable bonds is 11. The normalized spacial score (nSPS) is 18.1. The zero-order valence-electron chi connectivity index (χ0n) is 23.2. The summed E-state index contributed by atoms with van der Waals surface area (Å²) in [5, 5.41) is 16.4. The maximum absolute atomic E-state index is 13.9. The molecule has 8 nitrogen and oxygen atoms in total. The highest BCUT2D eigenvalue weighted by atomic mass is 35.5. The van der Waals surface area contributed by atoms with Gasteiger partial charge in [-0.25, -0.2) is 0 Å². The fourth-order valence-corrected chi connectivity index (χ4v) is 5.56. The maximum Gasteiger partial charge on any atom is 0.245 e. The third-order valence-corrected chi connectivity index (χ3v) is 7.90. The number of carbonyl (C=O) groups excluding carboxylic acids is 2. The van der Waals surface area contributed by atoms with Crippen molar-refractivity contribution in [3.8, 4) is 0 Å². The lowest BCUT2D eigenvalue weighted by molar-refractivity contribution is -0.156. The molecule has 4 rings (SSSR count). The van der Waals surface area contributed by atoms with E-state index in [1.54, 1.807) is 11.9 Å². The van der Waals surface area contributed by atoms with Gasteiger partial charge in [0.15, 0.2) is 5.96 Å². The number of nitrogens with zero attached hydrogens (tertiary/aromatic N) is 2. The summed E-state index contributed by atoms with van der Waals surface area (Å²) in [4.78, 5) is 31.5. The van der Waals surface area contributed by atoms with Crippen LogP contribution in [0.2, 0.25) is 5.02 Å². The number of hydrogen-bond acceptors (Lipinski definition) is 4. The van der Waals surface area contributed by atoms with Gasteiger partial charge in [0, 0.05) is 30.7 Å². The zero-order valence-corrected chi connectivity index (χ0v) is 24.0. The first-order valence-corrected chi connectivity index (χ1v) is 14.2. The van der Waals surface area contributed by atoms with Crippen molar-refractivity contribution in [1.82, 2.24) is 20.4 Å². The standard InChI is InChI=1S/C31H39ClN6O2/c1-21-20-38(29(39)27(35-2)19-22-10-13-26(32)14-11-22)28(8-5-16-36-31(33)34)30(40)37(21)17-15-23-9-12-24-6-3-4-7-25(24)18-23/h3-4,6-7,9-14,18,21,27-28,35H,5,8,15-17,19-20H2,1-2H3,(H4,33,34,36)/t21-,27-,28+/m1/s1. The Bertz CT molecular complexity index is 1330. The molecule has 0 bridgehead atoms. The van der Waals surface area contributed by atoms with E-state index in [1.165, 1.54) is 16.3 Å². The van der Waals surface area contributed by atoms with Crippen LogP contribution in [-0.2, 0) is 22.4 Å². The highest BCUT2D eigenvalue weighted by Crippen LogP contribution is 2.24. The number of nitrogens with two attached hydrogens (primary N) is 1. The molecule has 1 heterocycles. The largest absolute Gasteiger partial charge is 0.370 e. The Kier molecular flexibility index (Phi) is 10.0. The molecule has 1 saturated heterocycles. The first kappa shape index (κ1) is 29.4. The number of benzene rings is 3. The molecule has 0 spiro atoms. The Morgan fingerprint density at radius 1 is 1.10 bits per heavy atom. The second-order valence-corrected chi connectivity index (χ2v) is 10.9. The molecule has 212 valence electrons. The summed E-state index contributed by atoms with van der Waals surface area (Å²) >= 11 is 6.04. The molecule has 3 aromatic carbocycles. The fourth-order valence-electron chi connectivity index (χ4n) is 5.44. The number of fused-ring (bicyclic) bond motifs is 1. The molecule has 1 aliphatic heterocycles. The minimum atomic E-state index is -0.574. The predicted octanol–water partition coefficient (Wildman–Crippen LogP) is 3.56. The van der Waals surface area contributed by atoms with Crippen LogP contribution < -0.4 is 16.4 Å². The smallest absolute Gasteiger partial charge is 0.245 e. The molecular formula is C31H39ClN6O2. The molecule has 0 aromatic heterocycles. The van der Waals surface area contributed by atoms with Crippen molar-refractivity contribution in [2.75, 3.05) is 26.7 Å². The van der Waals surface area contributed by atoms with E-state index in [1.807, 2.05) is 48.2 Å². The average molecular weight is 563 g/mol. The van der Waals surface area contributed by atoms with Crippen molar-refractivity contribution >= 4 is 40.1 Å². The molecule has 9 heteroatoms. The van der Waals surface area contributed by atoms with E-state index in [9.17, 15) is 9.59 Å². The number of hydrogen-bond donors (Lipinski definition) is 4. The maximum atomic E-state index is 13.9. The number of guanidine groups is 1. The second kappa shape index (κ2) is 13.6. The van der Waals surface area contributed by atoms with Crippen molar-refractivity contribution in [3.05, 3.63) is 82.9 Å². The minimum absolute atomic E-state index is 0.0305. The van der Waals surface area contributed by atoms with Crippen molar-refractivity contribution in [3.63, 3.8) is 0 Å². The van der Waals surface area contributed by atoms with Gasteiger partial charge in [0.2, 0.25) is 11.8 Å². The summed E-state index contributed by atoms with van der Waals surface area (Å²) in [6.07, 6.45) is 2.33. The molecule has 0 saturated carbocycles. The van der Waals surface area contributed by atoms with Crippen LogP contribution in [-0.4, -0.2) is 72.4 Å². The molecule has 3 atom stereocenters. The average Bonchev–Trinajstić information content (AvgIpc) is 2.95. The first-order chi connectivity index (χ1) is 19.3. The highest BCUT2D eigenvalue weighted by molar-refractivity contribution is 6.30. The van der Waals surface area contributed by atoms with E-state index in [0.717, 1.165) is 12.0 Å². The van der Waals surface area contributed by atoms with E-state index in [0.29, 0.717) is 43.9 Å². The number of piperazine rings is 1. The minimum Gasteiger partial charge on any atom is -0.370 e. The zero-order chi connectivity index (χ0) is 28.6. The summed E-state index contributed by atoms with van der Waals surface area (Å²) in [6, 6.07) is 21.0. The van der Waals surface area contributed by atoms with Crippen molar-refractivity contribution in [2.24, 2.45) is 5.73 Å². The molecule has 5 N–H and O–H groups in total. The van der Waals surface area contributed by atoms with Gasteiger partial charge in [-0.15, -0.1) is 0 Å². The monoisotopic (exact) mass is 562 g/mol. The number of amides is 2. The molecule has 1 fully saturated rings. The van der Waals surface area contributed by atoms with Crippen LogP contribution in [0, 0.1) is 5.41 Å². The topological polar surface area (TPSA) is 115 Å². The Balaban J connectivity index is 1.49. The molecule has 1 aliphatic rings. The number of carbonyl (C=O) groups is 2. The third kappa shape index (κ3) is 7.31. The molecule has 40 heavy (non-hydrogen) atoms. The van der Waals surface area contributed by atoms with Gasteiger partial charge in [-0.2, -0.15) is 0 Å². The lowest BCUT2D eigenvalue weighted by atomic mass is 9.97. The lowest BCUT2D eigenvalue weighted by Gasteiger charge is -2.45. The van der Waals surface area contributed by atoms with E-state index in [-0.39, 0.29) is 23.8 Å². The molecular weight excluding hydrogens is 524 g/mol. The SMILES string of the molecule is CN[C@H](Cc1ccc(Cl)cc1)C(=O)N1C[C@@H](C)N(CCc2ccc3ccccc3c2)C(=O)[C@@H]1CCCNC(=N)N. The molecule has 3 aromatic rings. The summed E-state index contributed by atoms with van der Waals surface area (Å²) in [5.41, 5.74) is 7.61. The number of likely N-dealkylation sites (N-methyl/N-ethyl adjacent to an activating group) is 1. The van der Waals surface area contributed by atoms with Crippen molar-refractivity contribution < 1.29 is 9.59 Å². The van der Waals surface area contributed by atoms with Gasteiger partial charge >= 0.3 is 0 Å². The Hall–Kier alpha value is -3.62. The quantitative estimate of drug-likeness (QED) is 0.162. The van der Waals surface area contributed by atoms with Crippen LogP contribution in [0.15, 0.2) is 66.7 Å². The second-order valence-electron chi connectivity index (χ2n) is 10.5. The molecule has 0 aliphatic carbocycles. The molecule has 2 amide bonds. The summed E-state index contributed by atoms with van der Waals surface area (Å²) in [5.74, 6) is -0.222. The van der Waals surface area contributed by atoms with E-state index < -0.39 is 12.1 Å². The summed E-state index contributed by atoms with van der Waals surface area (Å²) in [7, 11) is 1.77. The van der Waals surface area contributed by atoms with Gasteiger partial charge in [-0.3, -0.25) is 15.0 Å². The highest BCUT2D eigenvalue weighted by Gasteiger charge is 2.41. The lowest BCUT2D eigenvalue weighted by Crippen LogP contribution is -2.65. The number of nitrogens with one attached hydrogen (secondary N) is 3. The fraction of sp³-hybridized carbons (Fsp3) is 0.387. The van der Waals surface area contributed by atoms with Crippen LogP contribution in [0.3, 0.4) is 0 Å². The Morgan fingerprint density at radius 3 is 2.50 bits per heavy atom. The first-order valence-electron chi connectivity index (χ1n) is 13.8. The summed E-state index contributed by atoms with van der Waals surface area (Å²) in [6.45, 7) is 3.53. The third-order valence-electron chi connectivity index (χ3n) is 7.65. The number of halogens is 1. The molecule has 0 unspecified atom stereocenters. The van der Waals surface area contributed by atoms with Gasteiger partial charge in [0.25, 0.3) is 0 Å². The van der Waals surface area contributed by atoms with Gasteiger partial charge in [-0.1, -0.05) is 66.2 Å². The van der Waals surface area contributed by atoms with Crippen LogP contribution >= 0.6 is 11.6 Å². The van der Waals surface area contributed by atoms with Gasteiger partial charge in [-0.05, 0) is 73.7 Å². The Morgan fingerprint density at radius 2 is 1.80 bits per heavy atom. The van der Waals surface area contributed by atoms with Crippen LogP contribution in [0.5, 0.6) is 0 Å². The van der Waals surface area contributed by atoms with Crippen LogP contribution in [0.25, 0.3) is 10.8 Å². The summed E-state index contributed by atoms with van der Waals surface area (Å²) < 4.78 is 0. The van der Waals surface area contributed by atoms with E-state index in [4.69, 9.17) is 22.7 Å². The predicted molar refractivity (Wildman–Crippen MR) is 161 cm³/mol. The van der Waals surface area contributed by atoms with Crippen molar-refractivity contribution in [1.29, 1.82) is 5.41 Å². The van der Waals surface area contributed by atoms with Crippen LogP contribution in [0.1, 0.15) is 30.9 Å². The Labute approximate surface area is 241 Å². The van der Waals surface area contributed by atoms with Gasteiger partial charge in [0.1, 0.15) is 6.04 Å².